The maximum absolute atomic E-state index is 12.8. The van der Waals surface area contributed by atoms with E-state index in [2.05, 4.69) is 31.2 Å². The Bertz CT molecular complexity index is 862. The second-order valence-corrected chi connectivity index (χ2v) is 9.15. The molecule has 0 unspecified atom stereocenters. The molecule has 0 bridgehead atoms. The highest BCUT2D eigenvalue weighted by Crippen LogP contribution is 2.18. The van der Waals surface area contributed by atoms with Gasteiger partial charge in [-0.1, -0.05) is 81.8 Å². The number of ketones is 1. The van der Waals surface area contributed by atoms with Crippen molar-refractivity contribution >= 4 is 5.78 Å². The number of carbonyl (C=O) groups excluding carboxylic acids is 1. The van der Waals surface area contributed by atoms with Crippen molar-refractivity contribution in [3.8, 4) is 5.75 Å². The van der Waals surface area contributed by atoms with Crippen LogP contribution >= 0.6 is 0 Å². The largest absolute Gasteiger partial charge is 0.497 e. The lowest BCUT2D eigenvalue weighted by Crippen LogP contribution is -2.31. The van der Waals surface area contributed by atoms with Gasteiger partial charge in [-0.2, -0.15) is 0 Å². The first-order chi connectivity index (χ1) is 16.9. The molecular weight excluding hydrogens is 440 g/mol. The molecule has 0 saturated heterocycles. The van der Waals surface area contributed by atoms with Gasteiger partial charge in [-0.15, -0.1) is 0 Å². The van der Waals surface area contributed by atoms with E-state index in [9.17, 15) is 9.90 Å². The normalized spacial score (nSPS) is 15.0. The zero-order chi connectivity index (χ0) is 25.5. The fourth-order valence-electron chi connectivity index (χ4n) is 3.86. The van der Waals surface area contributed by atoms with Gasteiger partial charge in [0.15, 0.2) is 0 Å². The van der Waals surface area contributed by atoms with Crippen molar-refractivity contribution in [2.75, 3.05) is 13.7 Å². The monoisotopic (exact) mass is 482 g/mol. The second kappa shape index (κ2) is 16.2. The summed E-state index contributed by atoms with van der Waals surface area (Å²) < 4.78 is 16.9. The number of rotatable bonds is 17. The average molecular weight is 483 g/mol. The third kappa shape index (κ3) is 10.8. The quantitative estimate of drug-likeness (QED) is 0.275. The molecule has 4 atom stereocenters. The summed E-state index contributed by atoms with van der Waals surface area (Å²) in [5, 5.41) is 10.6. The predicted molar refractivity (Wildman–Crippen MR) is 140 cm³/mol. The minimum atomic E-state index is -0.675. The van der Waals surface area contributed by atoms with Crippen molar-refractivity contribution in [1.82, 2.24) is 0 Å². The molecule has 0 saturated carbocycles. The van der Waals surface area contributed by atoms with E-state index in [1.54, 1.807) is 14.0 Å². The number of Topliss-reactive ketones (excluding diaryl/α,β-unsaturated/α-hetero) is 1. The Balaban J connectivity index is 1.70. The molecule has 2 aromatic carbocycles. The van der Waals surface area contributed by atoms with Crippen LogP contribution in [0.5, 0.6) is 5.75 Å². The molecule has 0 aliphatic carbocycles. The summed E-state index contributed by atoms with van der Waals surface area (Å²) in [5.74, 6) is 0.138. The molecule has 2 rings (SSSR count). The van der Waals surface area contributed by atoms with Gasteiger partial charge in [0.25, 0.3) is 0 Å². The highest BCUT2D eigenvalue weighted by molar-refractivity contribution is 5.83. The van der Waals surface area contributed by atoms with Gasteiger partial charge in [0.2, 0.25) is 0 Å². The number of methoxy groups -OCH3 is 1. The molecule has 0 aliphatic heterocycles. The van der Waals surface area contributed by atoms with Gasteiger partial charge in [0.1, 0.15) is 11.5 Å². The molecule has 192 valence electrons. The molecule has 0 spiro atoms. The van der Waals surface area contributed by atoms with E-state index >= 15 is 0 Å². The molecule has 0 amide bonds. The number of ether oxygens (including phenoxy) is 3. The minimum Gasteiger partial charge on any atom is -0.497 e. The van der Waals surface area contributed by atoms with E-state index in [0.29, 0.717) is 32.7 Å². The number of benzene rings is 2. The Morgan fingerprint density at radius 1 is 0.971 bits per heavy atom. The van der Waals surface area contributed by atoms with Gasteiger partial charge < -0.3 is 19.3 Å². The van der Waals surface area contributed by atoms with Crippen LogP contribution in [0.3, 0.4) is 0 Å². The van der Waals surface area contributed by atoms with Crippen molar-refractivity contribution in [2.24, 2.45) is 11.8 Å². The molecule has 0 aliphatic rings. The van der Waals surface area contributed by atoms with E-state index in [-0.39, 0.29) is 17.8 Å². The number of aliphatic hydroxyl groups excluding tert-OH is 1. The topological polar surface area (TPSA) is 65.0 Å². The summed E-state index contributed by atoms with van der Waals surface area (Å²) in [6, 6.07) is 17.8. The Morgan fingerprint density at radius 3 is 2.31 bits per heavy atom. The maximum atomic E-state index is 12.8. The van der Waals surface area contributed by atoms with Crippen molar-refractivity contribution < 1.29 is 24.1 Å². The van der Waals surface area contributed by atoms with Crippen LogP contribution in [0.2, 0.25) is 0 Å². The third-order valence-electron chi connectivity index (χ3n) is 6.17. The van der Waals surface area contributed by atoms with Gasteiger partial charge in [-0.05, 0) is 42.5 Å². The predicted octanol–water partition coefficient (Wildman–Crippen LogP) is 6.14. The zero-order valence-corrected chi connectivity index (χ0v) is 21.7. The van der Waals surface area contributed by atoms with E-state index in [1.807, 2.05) is 49.4 Å². The minimum absolute atomic E-state index is 0.0336. The van der Waals surface area contributed by atoms with Gasteiger partial charge >= 0.3 is 0 Å². The van der Waals surface area contributed by atoms with Crippen LogP contribution in [0.1, 0.15) is 57.6 Å². The second-order valence-electron chi connectivity index (χ2n) is 9.15. The summed E-state index contributed by atoms with van der Waals surface area (Å²) >= 11 is 0. The summed E-state index contributed by atoms with van der Waals surface area (Å²) in [6.45, 7) is 7.17. The standard InChI is InChI=1S/C30H42O5/c1-5-11-28(35-22-25-12-7-6-8-13-25)14-9-10-15-29(31)24(3)30(32)23(2)20-34-21-26-16-18-27(33-4)19-17-26/h6-9,12-14,16-19,23-24,28-29,31H,5,10-11,15,20-22H2,1-4H3/b14-9+/t23-,24-,28+,29-/m1/s1. The maximum Gasteiger partial charge on any atom is 0.143 e. The lowest BCUT2D eigenvalue weighted by atomic mass is 9.89. The molecule has 0 radical (unpaired) electrons. The number of aliphatic hydroxyl groups is 1. The number of hydrogen-bond acceptors (Lipinski definition) is 5. The van der Waals surface area contributed by atoms with Gasteiger partial charge in [0.05, 0.1) is 39.1 Å². The summed E-state index contributed by atoms with van der Waals surface area (Å²) in [5.41, 5.74) is 2.19. The third-order valence-corrected chi connectivity index (χ3v) is 6.17. The zero-order valence-electron chi connectivity index (χ0n) is 21.7. The number of carbonyl (C=O) groups is 1. The molecule has 0 heterocycles. The first-order valence-electron chi connectivity index (χ1n) is 12.7. The first kappa shape index (κ1) is 28.8. The van der Waals surface area contributed by atoms with Crippen LogP contribution in [-0.2, 0) is 27.5 Å². The molecule has 0 aromatic heterocycles. The molecule has 0 fully saturated rings. The molecule has 5 nitrogen and oxygen atoms in total. The smallest absolute Gasteiger partial charge is 0.143 e. The lowest BCUT2D eigenvalue weighted by molar-refractivity contribution is -0.131. The Morgan fingerprint density at radius 2 is 1.66 bits per heavy atom. The Hall–Kier alpha value is -2.47. The molecule has 1 N–H and O–H groups in total. The lowest BCUT2D eigenvalue weighted by Gasteiger charge is -2.21. The molecule has 35 heavy (non-hydrogen) atoms. The molecule has 2 aromatic rings. The van der Waals surface area contributed by atoms with Crippen LogP contribution in [0, 0.1) is 11.8 Å². The average Bonchev–Trinajstić information content (AvgIpc) is 2.89. The van der Waals surface area contributed by atoms with Crippen LogP contribution in [0.25, 0.3) is 0 Å². The number of hydrogen-bond donors (Lipinski definition) is 1. The van der Waals surface area contributed by atoms with Crippen molar-refractivity contribution in [3.05, 3.63) is 77.9 Å². The van der Waals surface area contributed by atoms with E-state index in [1.165, 1.54) is 0 Å². The fourth-order valence-corrected chi connectivity index (χ4v) is 3.86. The molecular formula is C30H42O5. The van der Waals surface area contributed by atoms with Crippen LogP contribution in [0.15, 0.2) is 66.7 Å². The highest BCUT2D eigenvalue weighted by Gasteiger charge is 2.26. The van der Waals surface area contributed by atoms with Gasteiger partial charge in [-0.25, -0.2) is 0 Å². The first-order valence-corrected chi connectivity index (χ1v) is 12.7. The Labute approximate surface area is 211 Å². The highest BCUT2D eigenvalue weighted by atomic mass is 16.5. The van der Waals surface area contributed by atoms with E-state index in [4.69, 9.17) is 14.2 Å². The van der Waals surface area contributed by atoms with Crippen molar-refractivity contribution in [2.45, 2.75) is 71.9 Å². The van der Waals surface area contributed by atoms with Crippen LogP contribution < -0.4 is 4.74 Å². The van der Waals surface area contributed by atoms with Crippen molar-refractivity contribution in [1.29, 1.82) is 0 Å². The van der Waals surface area contributed by atoms with Crippen LogP contribution in [0.4, 0.5) is 0 Å². The Kier molecular flexibility index (Phi) is 13.4. The van der Waals surface area contributed by atoms with Gasteiger partial charge in [-0.3, -0.25) is 4.79 Å². The summed E-state index contributed by atoms with van der Waals surface area (Å²) in [6.07, 6.45) is 6.76. The van der Waals surface area contributed by atoms with Crippen molar-refractivity contribution in [3.63, 3.8) is 0 Å². The van der Waals surface area contributed by atoms with E-state index < -0.39 is 12.0 Å². The van der Waals surface area contributed by atoms with E-state index in [0.717, 1.165) is 29.7 Å². The summed E-state index contributed by atoms with van der Waals surface area (Å²) in [7, 11) is 1.63. The van der Waals surface area contributed by atoms with Crippen LogP contribution in [-0.4, -0.2) is 36.8 Å². The SMILES string of the molecule is CCC[C@@H](/C=C/CC[C@@H](O)[C@@H](C)C(=O)[C@H](C)COCc1ccc(OC)cc1)OCc1ccccc1. The summed E-state index contributed by atoms with van der Waals surface area (Å²) in [4.78, 5) is 12.8. The fraction of sp³-hybridized carbons (Fsp3) is 0.500. The molecule has 5 heteroatoms. The number of allylic oxidation sites excluding steroid dienone is 1. The van der Waals surface area contributed by atoms with Gasteiger partial charge in [0, 0.05) is 11.8 Å².